The number of hydrogen-bond acceptors (Lipinski definition) is 4. The van der Waals surface area contributed by atoms with E-state index in [4.69, 9.17) is 0 Å². The Balaban J connectivity index is 1.94. The van der Waals surface area contributed by atoms with Gasteiger partial charge in [0.1, 0.15) is 6.54 Å². The summed E-state index contributed by atoms with van der Waals surface area (Å²) < 4.78 is 0. The molecular formula is C11H18N4O3. The SMILES string of the molecule is CN1CCN(C(=O)C(=O)N2CCNCC2)CC1=O. The zero-order chi connectivity index (χ0) is 13.1. The minimum atomic E-state index is -0.557. The molecule has 0 aromatic rings. The molecule has 2 heterocycles. The molecule has 2 aliphatic heterocycles. The molecule has 2 rings (SSSR count). The molecule has 1 N–H and O–H groups in total. The Labute approximate surface area is 106 Å². The third-order valence-corrected chi connectivity index (χ3v) is 3.33. The van der Waals surface area contributed by atoms with Crippen LogP contribution in [0.2, 0.25) is 0 Å². The second-order valence-electron chi connectivity index (χ2n) is 4.58. The Kier molecular flexibility index (Phi) is 3.81. The molecule has 0 bridgehead atoms. The monoisotopic (exact) mass is 254 g/mol. The molecule has 3 amide bonds. The van der Waals surface area contributed by atoms with Crippen molar-refractivity contribution in [3.63, 3.8) is 0 Å². The van der Waals surface area contributed by atoms with E-state index in [0.29, 0.717) is 39.3 Å². The average Bonchev–Trinajstić information content (AvgIpc) is 2.41. The molecule has 0 spiro atoms. The fraction of sp³-hybridized carbons (Fsp3) is 0.727. The predicted octanol–water partition coefficient (Wildman–Crippen LogP) is -2.28. The molecule has 0 aromatic carbocycles. The van der Waals surface area contributed by atoms with Crippen LogP contribution in [0.1, 0.15) is 0 Å². The van der Waals surface area contributed by atoms with Crippen molar-refractivity contribution >= 4 is 17.7 Å². The predicted molar refractivity (Wildman–Crippen MR) is 63.7 cm³/mol. The Morgan fingerprint density at radius 1 is 1.00 bits per heavy atom. The zero-order valence-electron chi connectivity index (χ0n) is 10.5. The number of likely N-dealkylation sites (N-methyl/N-ethyl adjacent to an activating group) is 1. The summed E-state index contributed by atoms with van der Waals surface area (Å²) in [7, 11) is 1.70. The minimum absolute atomic E-state index is 0.00711. The number of amides is 3. The van der Waals surface area contributed by atoms with E-state index < -0.39 is 11.8 Å². The highest BCUT2D eigenvalue weighted by molar-refractivity contribution is 6.35. The van der Waals surface area contributed by atoms with Gasteiger partial charge in [-0.1, -0.05) is 0 Å². The Bertz CT molecular complexity index is 365. The van der Waals surface area contributed by atoms with Gasteiger partial charge in [-0.05, 0) is 0 Å². The van der Waals surface area contributed by atoms with E-state index in [1.54, 1.807) is 16.8 Å². The van der Waals surface area contributed by atoms with Gasteiger partial charge in [0, 0.05) is 46.3 Å². The first-order valence-electron chi connectivity index (χ1n) is 6.12. The third kappa shape index (κ3) is 2.61. The van der Waals surface area contributed by atoms with E-state index in [9.17, 15) is 14.4 Å². The lowest BCUT2D eigenvalue weighted by Gasteiger charge is -2.33. The first kappa shape index (κ1) is 12.8. The first-order valence-corrected chi connectivity index (χ1v) is 6.12. The van der Waals surface area contributed by atoms with Gasteiger partial charge in [0.25, 0.3) is 0 Å². The smallest absolute Gasteiger partial charge is 0.312 e. The van der Waals surface area contributed by atoms with Gasteiger partial charge in [-0.3, -0.25) is 14.4 Å². The minimum Gasteiger partial charge on any atom is -0.342 e. The molecule has 7 heteroatoms. The van der Waals surface area contributed by atoms with Crippen LogP contribution in [0, 0.1) is 0 Å². The van der Waals surface area contributed by atoms with Crippen molar-refractivity contribution in [1.82, 2.24) is 20.0 Å². The number of rotatable bonds is 0. The highest BCUT2D eigenvalue weighted by Crippen LogP contribution is 2.04. The van der Waals surface area contributed by atoms with Crippen molar-refractivity contribution in [2.75, 3.05) is 52.9 Å². The van der Waals surface area contributed by atoms with Crippen molar-refractivity contribution in [1.29, 1.82) is 0 Å². The summed E-state index contributed by atoms with van der Waals surface area (Å²) in [5.74, 6) is -1.17. The summed E-state index contributed by atoms with van der Waals surface area (Å²) in [5, 5.41) is 3.12. The highest BCUT2D eigenvalue weighted by atomic mass is 16.2. The zero-order valence-corrected chi connectivity index (χ0v) is 10.5. The molecule has 0 saturated carbocycles. The Morgan fingerprint density at radius 2 is 1.61 bits per heavy atom. The molecule has 0 atom stereocenters. The van der Waals surface area contributed by atoms with Gasteiger partial charge in [0.05, 0.1) is 0 Å². The lowest BCUT2D eigenvalue weighted by Crippen LogP contribution is -2.56. The number of carbonyl (C=O) groups is 3. The summed E-state index contributed by atoms with van der Waals surface area (Å²) in [5.41, 5.74) is 0. The lowest BCUT2D eigenvalue weighted by atomic mass is 10.3. The van der Waals surface area contributed by atoms with Crippen LogP contribution in [-0.4, -0.2) is 85.3 Å². The molecule has 100 valence electrons. The maximum atomic E-state index is 12.0. The van der Waals surface area contributed by atoms with Gasteiger partial charge in [0.15, 0.2) is 0 Å². The van der Waals surface area contributed by atoms with Gasteiger partial charge in [0.2, 0.25) is 5.91 Å². The second kappa shape index (κ2) is 5.34. The number of carbonyl (C=O) groups excluding carboxylic acids is 3. The molecule has 7 nitrogen and oxygen atoms in total. The summed E-state index contributed by atoms with van der Waals surface area (Å²) in [4.78, 5) is 39.9. The number of nitrogens with zero attached hydrogens (tertiary/aromatic N) is 3. The van der Waals surface area contributed by atoms with Gasteiger partial charge < -0.3 is 20.0 Å². The summed E-state index contributed by atoms with van der Waals surface area (Å²) in [6, 6.07) is 0. The second-order valence-corrected chi connectivity index (χ2v) is 4.58. The molecule has 0 unspecified atom stereocenters. The Hall–Kier alpha value is -1.63. The third-order valence-electron chi connectivity index (χ3n) is 3.33. The van der Waals surface area contributed by atoms with E-state index in [2.05, 4.69) is 5.32 Å². The number of hydrogen-bond donors (Lipinski definition) is 1. The molecule has 18 heavy (non-hydrogen) atoms. The van der Waals surface area contributed by atoms with E-state index in [1.165, 1.54) is 4.90 Å². The molecule has 2 aliphatic rings. The van der Waals surface area contributed by atoms with Crippen LogP contribution < -0.4 is 5.32 Å². The molecule has 0 radical (unpaired) electrons. The van der Waals surface area contributed by atoms with Crippen LogP contribution in [0.15, 0.2) is 0 Å². The van der Waals surface area contributed by atoms with Crippen LogP contribution in [-0.2, 0) is 14.4 Å². The molecule has 0 aliphatic carbocycles. The van der Waals surface area contributed by atoms with Gasteiger partial charge in [-0.2, -0.15) is 0 Å². The van der Waals surface area contributed by atoms with E-state index >= 15 is 0 Å². The largest absolute Gasteiger partial charge is 0.342 e. The van der Waals surface area contributed by atoms with Crippen molar-refractivity contribution in [3.05, 3.63) is 0 Å². The highest BCUT2D eigenvalue weighted by Gasteiger charge is 2.31. The van der Waals surface area contributed by atoms with Crippen LogP contribution in [0.25, 0.3) is 0 Å². The maximum Gasteiger partial charge on any atom is 0.312 e. The van der Waals surface area contributed by atoms with Crippen LogP contribution in [0.3, 0.4) is 0 Å². The van der Waals surface area contributed by atoms with E-state index in [0.717, 1.165) is 0 Å². The Morgan fingerprint density at radius 3 is 2.22 bits per heavy atom. The molecule has 0 aromatic heterocycles. The fourth-order valence-corrected chi connectivity index (χ4v) is 2.07. The quantitative estimate of drug-likeness (QED) is 0.494. The van der Waals surface area contributed by atoms with Crippen molar-refractivity contribution in [2.45, 2.75) is 0 Å². The summed E-state index contributed by atoms with van der Waals surface area (Å²) >= 11 is 0. The topological polar surface area (TPSA) is 73.0 Å². The first-order chi connectivity index (χ1) is 8.59. The van der Waals surface area contributed by atoms with Crippen molar-refractivity contribution in [2.24, 2.45) is 0 Å². The van der Waals surface area contributed by atoms with Gasteiger partial charge in [-0.15, -0.1) is 0 Å². The normalized spacial score (nSPS) is 21.2. The average molecular weight is 254 g/mol. The van der Waals surface area contributed by atoms with Gasteiger partial charge in [-0.25, -0.2) is 0 Å². The van der Waals surface area contributed by atoms with E-state index in [1.807, 2.05) is 0 Å². The number of piperazine rings is 2. The summed E-state index contributed by atoms with van der Waals surface area (Å²) in [6.45, 7) is 3.44. The van der Waals surface area contributed by atoms with Crippen LogP contribution in [0.5, 0.6) is 0 Å². The van der Waals surface area contributed by atoms with Gasteiger partial charge >= 0.3 is 11.8 Å². The van der Waals surface area contributed by atoms with E-state index in [-0.39, 0.29) is 12.5 Å². The molecule has 2 fully saturated rings. The maximum absolute atomic E-state index is 12.0. The van der Waals surface area contributed by atoms with Crippen LogP contribution >= 0.6 is 0 Å². The number of nitrogens with one attached hydrogen (secondary N) is 1. The summed E-state index contributed by atoms with van der Waals surface area (Å²) in [6.07, 6.45) is 0. The molecular weight excluding hydrogens is 236 g/mol. The van der Waals surface area contributed by atoms with Crippen molar-refractivity contribution < 1.29 is 14.4 Å². The fourth-order valence-electron chi connectivity index (χ4n) is 2.07. The van der Waals surface area contributed by atoms with Crippen molar-refractivity contribution in [3.8, 4) is 0 Å². The lowest BCUT2D eigenvalue weighted by molar-refractivity contribution is -0.155. The molecule has 2 saturated heterocycles. The standard InChI is InChI=1S/C11H18N4O3/c1-13-6-7-15(8-9(13)16)11(18)10(17)14-4-2-12-3-5-14/h12H,2-8H2,1H3. The van der Waals surface area contributed by atoms with Crippen LogP contribution in [0.4, 0.5) is 0 Å².